The molecule has 134 valence electrons. The van der Waals surface area contributed by atoms with E-state index in [1.165, 1.54) is 0 Å². The maximum absolute atomic E-state index is 12.5. The predicted octanol–water partition coefficient (Wildman–Crippen LogP) is 3.36. The van der Waals surface area contributed by atoms with Gasteiger partial charge in [0.05, 0.1) is 24.2 Å². The number of aryl methyl sites for hydroxylation is 1. The average molecular weight is 359 g/mol. The lowest BCUT2D eigenvalue weighted by molar-refractivity contribution is 0.102. The third-order valence-corrected chi connectivity index (χ3v) is 4.16. The molecule has 1 N–H and O–H groups in total. The average Bonchev–Trinajstić information content (AvgIpc) is 3.04. The minimum atomic E-state index is -0.305. The number of anilines is 1. The summed E-state index contributed by atoms with van der Waals surface area (Å²) in [5.74, 6) is 0.533. The number of aromatic nitrogens is 4. The zero-order valence-electron chi connectivity index (χ0n) is 14.9. The Morgan fingerprint density at radius 1 is 1.11 bits per heavy atom. The molecule has 0 aliphatic carbocycles. The summed E-state index contributed by atoms with van der Waals surface area (Å²) in [5.41, 5.74) is 3.71. The standard InChI is InChI=1S/C20H17N5O2/c1-13-18(25-11-4-3-8-17(25)22-13)16-9-10-21-20(23-16)24-19(26)14-6-5-7-15(12-14)27-2/h3-12H,1-2H3,(H,21,23,24,26). The monoisotopic (exact) mass is 359 g/mol. The molecule has 3 heterocycles. The Bertz CT molecular complexity index is 1140. The van der Waals surface area contributed by atoms with E-state index < -0.39 is 0 Å². The van der Waals surface area contributed by atoms with Crippen molar-refractivity contribution in [1.29, 1.82) is 0 Å². The van der Waals surface area contributed by atoms with Gasteiger partial charge in [0, 0.05) is 18.0 Å². The molecule has 7 nitrogen and oxygen atoms in total. The van der Waals surface area contributed by atoms with Crippen molar-refractivity contribution < 1.29 is 9.53 Å². The van der Waals surface area contributed by atoms with E-state index >= 15 is 0 Å². The third-order valence-electron chi connectivity index (χ3n) is 4.16. The fourth-order valence-corrected chi connectivity index (χ4v) is 2.91. The van der Waals surface area contributed by atoms with Gasteiger partial charge in [0.2, 0.25) is 5.95 Å². The van der Waals surface area contributed by atoms with E-state index in [2.05, 4.69) is 20.3 Å². The van der Waals surface area contributed by atoms with Crippen LogP contribution < -0.4 is 10.1 Å². The molecule has 27 heavy (non-hydrogen) atoms. The first-order valence-electron chi connectivity index (χ1n) is 8.38. The summed E-state index contributed by atoms with van der Waals surface area (Å²) in [4.78, 5) is 25.7. The number of hydrogen-bond donors (Lipinski definition) is 1. The van der Waals surface area contributed by atoms with Crippen LogP contribution in [0.3, 0.4) is 0 Å². The van der Waals surface area contributed by atoms with Crippen molar-refractivity contribution in [3.8, 4) is 17.1 Å². The lowest BCUT2D eigenvalue weighted by Gasteiger charge is -2.07. The molecule has 0 bridgehead atoms. The number of methoxy groups -OCH3 is 1. The number of imidazole rings is 1. The topological polar surface area (TPSA) is 81.4 Å². The minimum Gasteiger partial charge on any atom is -0.497 e. The number of pyridine rings is 1. The first-order valence-corrected chi connectivity index (χ1v) is 8.38. The van der Waals surface area contributed by atoms with E-state index in [1.807, 2.05) is 35.7 Å². The quantitative estimate of drug-likeness (QED) is 0.604. The normalized spacial score (nSPS) is 10.7. The number of amides is 1. The SMILES string of the molecule is COc1cccc(C(=O)Nc2nccc(-c3c(C)nc4ccccn34)n2)c1. The van der Waals surface area contributed by atoms with E-state index in [-0.39, 0.29) is 11.9 Å². The Hall–Kier alpha value is -3.74. The molecule has 0 saturated carbocycles. The van der Waals surface area contributed by atoms with Crippen LogP contribution in [-0.4, -0.2) is 32.4 Å². The van der Waals surface area contributed by atoms with Gasteiger partial charge < -0.3 is 4.74 Å². The minimum absolute atomic E-state index is 0.227. The van der Waals surface area contributed by atoms with Gasteiger partial charge in [0.1, 0.15) is 11.4 Å². The fraction of sp³-hybridized carbons (Fsp3) is 0.100. The summed E-state index contributed by atoms with van der Waals surface area (Å²) in [5, 5.41) is 2.73. The van der Waals surface area contributed by atoms with E-state index in [1.54, 1.807) is 43.6 Å². The molecule has 1 amide bonds. The molecule has 3 aromatic heterocycles. The molecular formula is C20H17N5O2. The lowest BCUT2D eigenvalue weighted by Crippen LogP contribution is -2.14. The molecule has 0 radical (unpaired) electrons. The van der Waals surface area contributed by atoms with Gasteiger partial charge >= 0.3 is 0 Å². The van der Waals surface area contributed by atoms with Crippen LogP contribution in [0.5, 0.6) is 5.75 Å². The summed E-state index contributed by atoms with van der Waals surface area (Å²) in [6, 6.07) is 14.5. The van der Waals surface area contributed by atoms with Crippen molar-refractivity contribution in [2.75, 3.05) is 12.4 Å². The summed E-state index contributed by atoms with van der Waals surface area (Å²) in [6.07, 6.45) is 3.55. The zero-order valence-corrected chi connectivity index (χ0v) is 14.9. The number of nitrogens with zero attached hydrogens (tertiary/aromatic N) is 4. The van der Waals surface area contributed by atoms with Crippen LogP contribution in [0.1, 0.15) is 16.1 Å². The number of rotatable bonds is 4. The lowest BCUT2D eigenvalue weighted by atomic mass is 10.2. The molecule has 0 unspecified atom stereocenters. The maximum Gasteiger partial charge on any atom is 0.258 e. The Labute approximate surface area is 155 Å². The van der Waals surface area contributed by atoms with Crippen LogP contribution in [0.2, 0.25) is 0 Å². The second-order valence-corrected chi connectivity index (χ2v) is 5.93. The summed E-state index contributed by atoms with van der Waals surface area (Å²) in [7, 11) is 1.56. The second kappa shape index (κ2) is 6.87. The van der Waals surface area contributed by atoms with Crippen LogP contribution in [0.15, 0.2) is 60.9 Å². The molecule has 0 atom stereocenters. The van der Waals surface area contributed by atoms with E-state index in [0.717, 1.165) is 17.0 Å². The van der Waals surface area contributed by atoms with Crippen LogP contribution in [0, 0.1) is 6.92 Å². The van der Waals surface area contributed by atoms with Crippen molar-refractivity contribution in [2.24, 2.45) is 0 Å². The van der Waals surface area contributed by atoms with E-state index in [4.69, 9.17) is 4.74 Å². The van der Waals surface area contributed by atoms with Gasteiger partial charge in [0.25, 0.3) is 5.91 Å². The molecule has 7 heteroatoms. The van der Waals surface area contributed by atoms with Gasteiger partial charge in [-0.2, -0.15) is 0 Å². The predicted molar refractivity (Wildman–Crippen MR) is 102 cm³/mol. The Balaban J connectivity index is 1.66. The molecule has 0 fully saturated rings. The van der Waals surface area contributed by atoms with Gasteiger partial charge in [-0.1, -0.05) is 12.1 Å². The highest BCUT2D eigenvalue weighted by Gasteiger charge is 2.14. The molecule has 0 aliphatic heterocycles. The highest BCUT2D eigenvalue weighted by molar-refractivity contribution is 6.03. The molecule has 1 aromatic carbocycles. The van der Waals surface area contributed by atoms with E-state index in [0.29, 0.717) is 17.0 Å². The van der Waals surface area contributed by atoms with Gasteiger partial charge in [-0.25, -0.2) is 15.0 Å². The first-order chi connectivity index (χ1) is 13.2. The van der Waals surface area contributed by atoms with Crippen LogP contribution in [0.25, 0.3) is 17.0 Å². The second-order valence-electron chi connectivity index (χ2n) is 5.93. The molecule has 0 spiro atoms. The first kappa shape index (κ1) is 16.7. The summed E-state index contributed by atoms with van der Waals surface area (Å²) >= 11 is 0. The summed E-state index contributed by atoms with van der Waals surface area (Å²) < 4.78 is 7.12. The number of carbonyl (C=O) groups is 1. The van der Waals surface area contributed by atoms with Gasteiger partial charge in [-0.15, -0.1) is 0 Å². The molecule has 0 saturated heterocycles. The summed E-state index contributed by atoms with van der Waals surface area (Å²) in [6.45, 7) is 1.93. The zero-order chi connectivity index (χ0) is 18.8. The van der Waals surface area contributed by atoms with Crippen molar-refractivity contribution in [3.63, 3.8) is 0 Å². The number of ether oxygens (including phenoxy) is 1. The smallest absolute Gasteiger partial charge is 0.258 e. The fourth-order valence-electron chi connectivity index (χ4n) is 2.91. The van der Waals surface area contributed by atoms with Crippen molar-refractivity contribution in [2.45, 2.75) is 6.92 Å². The van der Waals surface area contributed by atoms with Gasteiger partial charge in [-0.05, 0) is 43.3 Å². The maximum atomic E-state index is 12.5. The van der Waals surface area contributed by atoms with Crippen LogP contribution >= 0.6 is 0 Å². The molecule has 4 rings (SSSR count). The van der Waals surface area contributed by atoms with Crippen LogP contribution in [0.4, 0.5) is 5.95 Å². The molecule has 0 aliphatic rings. The number of carbonyl (C=O) groups excluding carboxylic acids is 1. The highest BCUT2D eigenvalue weighted by atomic mass is 16.5. The third kappa shape index (κ3) is 3.22. The number of nitrogens with one attached hydrogen (secondary N) is 1. The highest BCUT2D eigenvalue weighted by Crippen LogP contribution is 2.23. The number of fused-ring (bicyclic) bond motifs is 1. The Morgan fingerprint density at radius 2 is 2.00 bits per heavy atom. The Kier molecular flexibility index (Phi) is 4.25. The van der Waals surface area contributed by atoms with E-state index in [9.17, 15) is 4.79 Å². The van der Waals surface area contributed by atoms with Crippen molar-refractivity contribution in [3.05, 3.63) is 72.2 Å². The van der Waals surface area contributed by atoms with Gasteiger partial charge in [0.15, 0.2) is 0 Å². The van der Waals surface area contributed by atoms with Crippen molar-refractivity contribution in [1.82, 2.24) is 19.4 Å². The van der Waals surface area contributed by atoms with Crippen molar-refractivity contribution >= 4 is 17.5 Å². The van der Waals surface area contributed by atoms with Crippen LogP contribution in [-0.2, 0) is 0 Å². The van der Waals surface area contributed by atoms with Gasteiger partial charge in [-0.3, -0.25) is 14.5 Å². The largest absolute Gasteiger partial charge is 0.497 e. The molecular weight excluding hydrogens is 342 g/mol. The number of hydrogen-bond acceptors (Lipinski definition) is 5. The number of benzene rings is 1. The Morgan fingerprint density at radius 3 is 2.85 bits per heavy atom. The molecule has 4 aromatic rings.